The van der Waals surface area contributed by atoms with Gasteiger partial charge in [-0.1, -0.05) is 28.1 Å². The van der Waals surface area contributed by atoms with E-state index in [4.69, 9.17) is 4.74 Å². The third-order valence-electron chi connectivity index (χ3n) is 3.61. The highest BCUT2D eigenvalue weighted by atomic mass is 79.9. The normalized spacial score (nSPS) is 22.1. The van der Waals surface area contributed by atoms with Crippen LogP contribution in [0.25, 0.3) is 0 Å². The van der Waals surface area contributed by atoms with Crippen LogP contribution in [-0.2, 0) is 10.5 Å². The van der Waals surface area contributed by atoms with Gasteiger partial charge in [0.05, 0.1) is 16.8 Å². The quantitative estimate of drug-likeness (QED) is 0.770. The molecule has 1 atom stereocenters. The van der Waals surface area contributed by atoms with Gasteiger partial charge in [0.1, 0.15) is 5.75 Å². The molecule has 4 rings (SSSR count). The first-order valence-electron chi connectivity index (χ1n) is 6.32. The zero-order valence-corrected chi connectivity index (χ0v) is 12.2. The van der Waals surface area contributed by atoms with Gasteiger partial charge in [-0.25, -0.2) is 0 Å². The molecule has 2 N–H and O–H groups in total. The fourth-order valence-corrected chi connectivity index (χ4v) is 3.00. The van der Waals surface area contributed by atoms with Gasteiger partial charge >= 0.3 is 0 Å². The van der Waals surface area contributed by atoms with Crippen molar-refractivity contribution in [1.82, 2.24) is 5.32 Å². The number of ether oxygens (including phenoxy) is 1. The second-order valence-corrected chi connectivity index (χ2v) is 5.79. The number of amides is 2. The highest BCUT2D eigenvalue weighted by molar-refractivity contribution is 9.10. The molecule has 0 aliphatic carbocycles. The van der Waals surface area contributed by atoms with E-state index in [9.17, 15) is 9.59 Å². The van der Waals surface area contributed by atoms with Crippen LogP contribution in [0.15, 0.2) is 46.9 Å². The van der Waals surface area contributed by atoms with Crippen LogP contribution in [0.4, 0.5) is 5.69 Å². The molecular formula is C15H9BrN2O3. The maximum Gasteiger partial charge on any atom is 0.295 e. The summed E-state index contributed by atoms with van der Waals surface area (Å²) < 4.78 is 6.68. The number of anilines is 1. The summed E-state index contributed by atoms with van der Waals surface area (Å²) in [5.41, 5.74) is 0.122. The zero-order valence-electron chi connectivity index (χ0n) is 10.6. The number of nitrogens with one attached hydrogen (secondary N) is 2. The lowest BCUT2D eigenvalue weighted by Gasteiger charge is -2.34. The summed E-state index contributed by atoms with van der Waals surface area (Å²) in [5.74, 6) is -0.345. The third kappa shape index (κ3) is 1.62. The van der Waals surface area contributed by atoms with Crippen molar-refractivity contribution >= 4 is 33.4 Å². The Bertz CT molecular complexity index is 805. The molecule has 0 unspecified atom stereocenters. The van der Waals surface area contributed by atoms with Crippen molar-refractivity contribution in [1.29, 1.82) is 0 Å². The van der Waals surface area contributed by atoms with E-state index in [1.165, 1.54) is 0 Å². The minimum atomic E-state index is -1.51. The predicted molar refractivity (Wildman–Crippen MR) is 79.0 cm³/mol. The lowest BCUT2D eigenvalue weighted by atomic mass is 10.0. The SMILES string of the molecule is O=C1N[C@]2(Oc3ccccc31)C(=O)Nc1ccc(Br)cc12. The molecule has 2 aromatic carbocycles. The van der Waals surface area contributed by atoms with E-state index in [0.29, 0.717) is 22.6 Å². The lowest BCUT2D eigenvalue weighted by molar-refractivity contribution is -0.133. The maximum absolute atomic E-state index is 12.4. The number of rotatable bonds is 0. The maximum atomic E-state index is 12.4. The van der Waals surface area contributed by atoms with Crippen LogP contribution >= 0.6 is 15.9 Å². The number of fused-ring (bicyclic) bond motifs is 3. The summed E-state index contributed by atoms with van der Waals surface area (Å²) in [6.07, 6.45) is 0. The molecule has 6 heteroatoms. The summed E-state index contributed by atoms with van der Waals surface area (Å²) in [4.78, 5) is 24.7. The van der Waals surface area contributed by atoms with Crippen molar-refractivity contribution in [3.05, 3.63) is 58.1 Å². The summed E-state index contributed by atoms with van der Waals surface area (Å²) >= 11 is 3.37. The first kappa shape index (κ1) is 12.4. The van der Waals surface area contributed by atoms with Gasteiger partial charge in [-0.15, -0.1) is 0 Å². The van der Waals surface area contributed by atoms with Gasteiger partial charge in [-0.3, -0.25) is 9.59 Å². The van der Waals surface area contributed by atoms with E-state index >= 15 is 0 Å². The summed E-state index contributed by atoms with van der Waals surface area (Å²) in [6, 6.07) is 12.2. The van der Waals surface area contributed by atoms with Gasteiger partial charge in [0.15, 0.2) is 0 Å². The van der Waals surface area contributed by atoms with Crippen LogP contribution < -0.4 is 15.4 Å². The monoisotopic (exact) mass is 344 g/mol. The van der Waals surface area contributed by atoms with E-state index in [0.717, 1.165) is 4.47 Å². The average molecular weight is 345 g/mol. The molecule has 104 valence electrons. The topological polar surface area (TPSA) is 67.4 Å². The summed E-state index contributed by atoms with van der Waals surface area (Å²) in [6.45, 7) is 0. The summed E-state index contributed by atoms with van der Waals surface area (Å²) in [5, 5.41) is 5.42. The van der Waals surface area contributed by atoms with Crippen LogP contribution in [0.3, 0.4) is 0 Å². The Balaban J connectivity index is 1.93. The molecule has 1 spiro atoms. The molecule has 5 nitrogen and oxygen atoms in total. The second kappa shape index (κ2) is 4.08. The number of carbonyl (C=O) groups excluding carboxylic acids is 2. The summed E-state index contributed by atoms with van der Waals surface area (Å²) in [7, 11) is 0. The van der Waals surface area contributed by atoms with Gasteiger partial charge in [0, 0.05) is 4.47 Å². The number of hydrogen-bond acceptors (Lipinski definition) is 3. The first-order chi connectivity index (χ1) is 10.1. The van der Waals surface area contributed by atoms with Crippen LogP contribution in [0, 0.1) is 0 Å². The number of benzene rings is 2. The van der Waals surface area contributed by atoms with Gasteiger partial charge in [-0.2, -0.15) is 0 Å². The Labute approximate surface area is 128 Å². The Morgan fingerprint density at radius 1 is 1.10 bits per heavy atom. The van der Waals surface area contributed by atoms with Crippen LogP contribution in [0.1, 0.15) is 15.9 Å². The lowest BCUT2D eigenvalue weighted by Crippen LogP contribution is -2.57. The fraction of sp³-hybridized carbons (Fsp3) is 0.0667. The molecule has 0 fully saturated rings. The number of halogens is 1. The molecule has 0 bridgehead atoms. The minimum absolute atomic E-state index is 0.333. The van der Waals surface area contributed by atoms with Gasteiger partial charge in [0.25, 0.3) is 17.5 Å². The molecule has 2 heterocycles. The average Bonchev–Trinajstić information content (AvgIpc) is 2.72. The molecular weight excluding hydrogens is 336 g/mol. The molecule has 2 aliphatic rings. The molecule has 0 saturated carbocycles. The van der Waals surface area contributed by atoms with E-state index in [1.54, 1.807) is 36.4 Å². The van der Waals surface area contributed by atoms with Crippen molar-refractivity contribution in [3.63, 3.8) is 0 Å². The van der Waals surface area contributed by atoms with E-state index in [1.807, 2.05) is 6.07 Å². The highest BCUT2D eigenvalue weighted by Gasteiger charge is 2.53. The minimum Gasteiger partial charge on any atom is -0.453 e. The number of hydrogen-bond donors (Lipinski definition) is 2. The van der Waals surface area contributed by atoms with Crippen molar-refractivity contribution in [2.45, 2.75) is 5.72 Å². The molecule has 2 aromatic rings. The van der Waals surface area contributed by atoms with Crippen molar-refractivity contribution < 1.29 is 14.3 Å². The number of para-hydroxylation sites is 1. The van der Waals surface area contributed by atoms with E-state index in [-0.39, 0.29) is 5.91 Å². The van der Waals surface area contributed by atoms with Crippen molar-refractivity contribution in [3.8, 4) is 5.75 Å². The Morgan fingerprint density at radius 2 is 1.90 bits per heavy atom. The van der Waals surface area contributed by atoms with Crippen LogP contribution in [-0.4, -0.2) is 11.8 Å². The Hall–Kier alpha value is -2.34. The highest BCUT2D eigenvalue weighted by Crippen LogP contribution is 2.42. The Morgan fingerprint density at radius 3 is 2.76 bits per heavy atom. The zero-order chi connectivity index (χ0) is 14.6. The largest absolute Gasteiger partial charge is 0.453 e. The molecule has 21 heavy (non-hydrogen) atoms. The molecule has 0 radical (unpaired) electrons. The third-order valence-corrected chi connectivity index (χ3v) is 4.11. The molecule has 2 amide bonds. The molecule has 0 saturated heterocycles. The van der Waals surface area contributed by atoms with Gasteiger partial charge < -0.3 is 15.4 Å². The van der Waals surface area contributed by atoms with Gasteiger partial charge in [-0.05, 0) is 30.3 Å². The van der Waals surface area contributed by atoms with Gasteiger partial charge in [0.2, 0.25) is 0 Å². The van der Waals surface area contributed by atoms with E-state index < -0.39 is 11.6 Å². The second-order valence-electron chi connectivity index (χ2n) is 4.88. The Kier molecular flexibility index (Phi) is 2.41. The smallest absolute Gasteiger partial charge is 0.295 e. The predicted octanol–water partition coefficient (Wildman–Crippen LogP) is 2.38. The molecule has 2 aliphatic heterocycles. The van der Waals surface area contributed by atoms with Crippen molar-refractivity contribution in [2.24, 2.45) is 0 Å². The first-order valence-corrected chi connectivity index (χ1v) is 7.11. The fourth-order valence-electron chi connectivity index (χ4n) is 2.64. The standard InChI is InChI=1S/C15H9BrN2O3/c16-8-5-6-11-10(7-8)15(14(20)17-11)18-13(19)9-3-1-2-4-12(9)21-15/h1-7H,(H,17,20)(H,18,19)/t15-/m1/s1. The molecule has 0 aromatic heterocycles. The van der Waals surface area contributed by atoms with Crippen LogP contribution in [0.2, 0.25) is 0 Å². The van der Waals surface area contributed by atoms with Crippen LogP contribution in [0.5, 0.6) is 5.75 Å². The van der Waals surface area contributed by atoms with Crippen molar-refractivity contribution in [2.75, 3.05) is 5.32 Å². The number of carbonyl (C=O) groups is 2. The van der Waals surface area contributed by atoms with E-state index in [2.05, 4.69) is 26.6 Å².